The normalized spacial score (nSPS) is 11.3. The van der Waals surface area contributed by atoms with E-state index in [1.54, 1.807) is 0 Å². The summed E-state index contributed by atoms with van der Waals surface area (Å²) in [5, 5.41) is 2.61. The third-order valence-electron chi connectivity index (χ3n) is 11.3. The fraction of sp³-hybridized carbons (Fsp3) is 0. The third kappa shape index (κ3) is 7.31. The molecule has 0 atom stereocenters. The van der Waals surface area contributed by atoms with Gasteiger partial charge >= 0.3 is 0 Å². The monoisotopic (exact) mass is 795 g/mol. The van der Waals surface area contributed by atoms with Crippen molar-refractivity contribution >= 4 is 31.5 Å². The lowest BCUT2D eigenvalue weighted by molar-refractivity contribution is 1.07. The molecule has 0 fully saturated rings. The zero-order valence-electron chi connectivity index (χ0n) is 33.1. The fourth-order valence-electron chi connectivity index (χ4n) is 8.15. The minimum absolute atomic E-state index is 0.621. The molecule has 286 valence electrons. The molecular formula is C57H37N3S. The molecule has 11 aromatic rings. The zero-order chi connectivity index (χ0) is 40.5. The van der Waals surface area contributed by atoms with E-state index in [4.69, 9.17) is 15.0 Å². The van der Waals surface area contributed by atoms with Gasteiger partial charge in [0, 0.05) is 36.9 Å². The highest BCUT2D eigenvalue weighted by Crippen LogP contribution is 2.38. The lowest BCUT2D eigenvalue weighted by Gasteiger charge is -2.13. The molecule has 61 heavy (non-hydrogen) atoms. The summed E-state index contributed by atoms with van der Waals surface area (Å²) >= 11 is 1.84. The van der Waals surface area contributed by atoms with Gasteiger partial charge in [-0.2, -0.15) is 0 Å². The molecule has 0 spiro atoms. The van der Waals surface area contributed by atoms with Crippen LogP contribution in [0, 0.1) is 0 Å². The van der Waals surface area contributed by atoms with E-state index in [1.165, 1.54) is 53.6 Å². The van der Waals surface area contributed by atoms with E-state index in [0.29, 0.717) is 17.5 Å². The van der Waals surface area contributed by atoms with Crippen LogP contribution in [0.2, 0.25) is 0 Å². The number of nitrogens with zero attached hydrogens (tertiary/aromatic N) is 3. The first-order chi connectivity index (χ1) is 30.2. The van der Waals surface area contributed by atoms with Crippen LogP contribution in [0.15, 0.2) is 224 Å². The Kier molecular flexibility index (Phi) is 9.38. The van der Waals surface area contributed by atoms with Gasteiger partial charge in [0.25, 0.3) is 0 Å². The van der Waals surface area contributed by atoms with Gasteiger partial charge in [0.1, 0.15) is 0 Å². The van der Waals surface area contributed by atoms with Crippen molar-refractivity contribution in [3.63, 3.8) is 0 Å². The Labute approximate surface area is 359 Å². The third-order valence-corrected chi connectivity index (χ3v) is 12.5. The standard InChI is InChI=1S/C57H37N3S/c1-4-13-38(14-5-1)41-23-27-43(28-24-41)55-58-56(44-29-25-42(26-30-44)46-31-32-52-51-21-10-11-22-53(51)61-54(52)37-46)60-57(59-55)47-20-12-19-45(33-47)50-35-48(39-15-6-2-7-16-39)34-49(36-50)40-17-8-3-9-18-40/h1-37H. The molecule has 0 aliphatic carbocycles. The van der Waals surface area contributed by atoms with E-state index in [0.717, 1.165) is 38.9 Å². The van der Waals surface area contributed by atoms with Crippen LogP contribution in [0.5, 0.6) is 0 Å². The molecule has 0 aliphatic rings. The number of benzene rings is 9. The van der Waals surface area contributed by atoms with Crippen molar-refractivity contribution in [1.82, 2.24) is 15.0 Å². The molecule has 0 saturated heterocycles. The Morgan fingerprint density at radius 1 is 0.213 bits per heavy atom. The molecule has 9 aromatic carbocycles. The lowest BCUT2D eigenvalue weighted by atomic mass is 9.93. The Balaban J connectivity index is 0.999. The van der Waals surface area contributed by atoms with Crippen LogP contribution >= 0.6 is 11.3 Å². The number of aromatic nitrogens is 3. The van der Waals surface area contributed by atoms with Crippen molar-refractivity contribution in [3.05, 3.63) is 224 Å². The van der Waals surface area contributed by atoms with Gasteiger partial charge in [-0.3, -0.25) is 0 Å². The van der Waals surface area contributed by atoms with Gasteiger partial charge in [0.15, 0.2) is 17.5 Å². The number of thiophene rings is 1. The maximum atomic E-state index is 5.18. The van der Waals surface area contributed by atoms with Crippen molar-refractivity contribution in [2.45, 2.75) is 0 Å². The Hall–Kier alpha value is -7.79. The highest BCUT2D eigenvalue weighted by Gasteiger charge is 2.15. The molecule has 2 heterocycles. The minimum Gasteiger partial charge on any atom is -0.208 e. The van der Waals surface area contributed by atoms with Crippen LogP contribution in [0.25, 0.3) is 110 Å². The molecule has 0 unspecified atom stereocenters. The fourth-order valence-corrected chi connectivity index (χ4v) is 9.29. The largest absolute Gasteiger partial charge is 0.208 e. The molecule has 0 amide bonds. The highest BCUT2D eigenvalue weighted by atomic mass is 32.1. The zero-order valence-corrected chi connectivity index (χ0v) is 33.9. The van der Waals surface area contributed by atoms with Crippen molar-refractivity contribution < 1.29 is 0 Å². The first-order valence-corrected chi connectivity index (χ1v) is 21.3. The maximum Gasteiger partial charge on any atom is 0.164 e. The summed E-state index contributed by atoms with van der Waals surface area (Å²) in [5.74, 6) is 1.87. The van der Waals surface area contributed by atoms with Gasteiger partial charge in [-0.05, 0) is 92.0 Å². The predicted octanol–water partition coefficient (Wildman–Crippen LogP) is 15.6. The van der Waals surface area contributed by atoms with Gasteiger partial charge in [0.05, 0.1) is 0 Å². The number of hydrogen-bond acceptors (Lipinski definition) is 4. The molecule has 0 N–H and O–H groups in total. The first-order valence-electron chi connectivity index (χ1n) is 20.5. The second-order valence-electron chi connectivity index (χ2n) is 15.2. The average molecular weight is 796 g/mol. The van der Waals surface area contributed by atoms with Crippen molar-refractivity contribution in [2.24, 2.45) is 0 Å². The van der Waals surface area contributed by atoms with Gasteiger partial charge in [-0.25, -0.2) is 15.0 Å². The molecule has 3 nitrogen and oxygen atoms in total. The van der Waals surface area contributed by atoms with E-state index in [2.05, 4.69) is 218 Å². The Bertz CT molecular complexity index is 3260. The summed E-state index contributed by atoms with van der Waals surface area (Å²) in [6, 6.07) is 79.5. The second-order valence-corrected chi connectivity index (χ2v) is 16.3. The topological polar surface area (TPSA) is 38.7 Å². The van der Waals surface area contributed by atoms with Gasteiger partial charge in [-0.1, -0.05) is 188 Å². The molecule has 0 bridgehead atoms. The average Bonchev–Trinajstić information content (AvgIpc) is 3.73. The molecule has 0 aliphatic heterocycles. The highest BCUT2D eigenvalue weighted by molar-refractivity contribution is 7.25. The van der Waals surface area contributed by atoms with Crippen LogP contribution < -0.4 is 0 Å². The SMILES string of the molecule is c1ccc(-c2ccc(-c3nc(-c4ccc(-c5ccc6c(c5)sc5ccccc56)cc4)nc(-c4cccc(-c5cc(-c6ccccc6)cc(-c6ccccc6)c5)c4)n3)cc2)cc1. The van der Waals surface area contributed by atoms with Gasteiger partial charge in [0.2, 0.25) is 0 Å². The summed E-state index contributed by atoms with van der Waals surface area (Å²) < 4.78 is 2.60. The van der Waals surface area contributed by atoms with E-state index in [1.807, 2.05) is 17.4 Å². The molecule has 4 heteroatoms. The molecule has 0 radical (unpaired) electrons. The van der Waals surface area contributed by atoms with E-state index in [-0.39, 0.29) is 0 Å². The summed E-state index contributed by atoms with van der Waals surface area (Å²) in [5.41, 5.74) is 14.3. The van der Waals surface area contributed by atoms with Crippen molar-refractivity contribution in [3.8, 4) is 89.8 Å². The predicted molar refractivity (Wildman–Crippen MR) is 256 cm³/mol. The summed E-state index contributed by atoms with van der Waals surface area (Å²) in [7, 11) is 0. The van der Waals surface area contributed by atoms with Crippen LogP contribution in [0.4, 0.5) is 0 Å². The van der Waals surface area contributed by atoms with Gasteiger partial charge < -0.3 is 0 Å². The summed E-state index contributed by atoms with van der Waals surface area (Å²) in [6.45, 7) is 0. The summed E-state index contributed by atoms with van der Waals surface area (Å²) in [4.78, 5) is 15.5. The number of fused-ring (bicyclic) bond motifs is 3. The summed E-state index contributed by atoms with van der Waals surface area (Å²) in [6.07, 6.45) is 0. The maximum absolute atomic E-state index is 5.18. The quantitative estimate of drug-likeness (QED) is 0.154. The van der Waals surface area contributed by atoms with Crippen LogP contribution in [0.3, 0.4) is 0 Å². The Morgan fingerprint density at radius 3 is 1.13 bits per heavy atom. The van der Waals surface area contributed by atoms with Gasteiger partial charge in [-0.15, -0.1) is 11.3 Å². The van der Waals surface area contributed by atoms with Crippen LogP contribution in [-0.4, -0.2) is 15.0 Å². The number of hydrogen-bond donors (Lipinski definition) is 0. The molecule has 0 saturated carbocycles. The smallest absolute Gasteiger partial charge is 0.164 e. The molecule has 11 rings (SSSR count). The lowest BCUT2D eigenvalue weighted by Crippen LogP contribution is -2.00. The van der Waals surface area contributed by atoms with E-state index < -0.39 is 0 Å². The second kappa shape index (κ2) is 15.8. The minimum atomic E-state index is 0.621. The molecular weight excluding hydrogens is 759 g/mol. The molecule has 2 aromatic heterocycles. The van der Waals surface area contributed by atoms with E-state index in [9.17, 15) is 0 Å². The van der Waals surface area contributed by atoms with Crippen molar-refractivity contribution in [1.29, 1.82) is 0 Å². The van der Waals surface area contributed by atoms with Crippen LogP contribution in [-0.2, 0) is 0 Å². The first kappa shape index (κ1) is 36.3. The van der Waals surface area contributed by atoms with Crippen LogP contribution in [0.1, 0.15) is 0 Å². The Morgan fingerprint density at radius 2 is 0.557 bits per heavy atom. The van der Waals surface area contributed by atoms with E-state index >= 15 is 0 Å². The number of rotatable bonds is 8. The van der Waals surface area contributed by atoms with Crippen molar-refractivity contribution in [2.75, 3.05) is 0 Å².